The van der Waals surface area contributed by atoms with Crippen LogP contribution < -0.4 is 15.0 Å². The van der Waals surface area contributed by atoms with Crippen molar-refractivity contribution in [2.24, 2.45) is 5.92 Å². The van der Waals surface area contributed by atoms with Gasteiger partial charge in [-0.05, 0) is 62.9 Å². The van der Waals surface area contributed by atoms with Crippen LogP contribution in [0.5, 0.6) is 11.6 Å². The molecule has 1 N–H and O–H groups in total. The van der Waals surface area contributed by atoms with Crippen LogP contribution >= 0.6 is 0 Å². The zero-order chi connectivity index (χ0) is 21.8. The Bertz CT molecular complexity index is 1060. The third-order valence-electron chi connectivity index (χ3n) is 5.91. The summed E-state index contributed by atoms with van der Waals surface area (Å²) in [4.78, 5) is 23.9. The monoisotopic (exact) mass is 416 g/mol. The number of piperidine rings is 1. The van der Waals surface area contributed by atoms with E-state index in [0.29, 0.717) is 5.88 Å². The summed E-state index contributed by atoms with van der Waals surface area (Å²) in [6, 6.07) is 13.9. The molecule has 160 valence electrons. The number of aryl methyl sites for hydroxylation is 2. The first-order chi connectivity index (χ1) is 15.0. The van der Waals surface area contributed by atoms with Crippen LogP contribution in [0.2, 0.25) is 0 Å². The Kier molecular flexibility index (Phi) is 6.16. The first-order valence-corrected chi connectivity index (χ1v) is 10.7. The van der Waals surface area contributed by atoms with Crippen molar-refractivity contribution < 1.29 is 9.53 Å². The van der Waals surface area contributed by atoms with Crippen molar-refractivity contribution in [2.45, 2.75) is 33.6 Å². The third kappa shape index (κ3) is 4.85. The fraction of sp³-hybridized carbons (Fsp3) is 0.320. The average Bonchev–Trinajstić information content (AvgIpc) is 2.79. The third-order valence-corrected chi connectivity index (χ3v) is 5.91. The van der Waals surface area contributed by atoms with Crippen molar-refractivity contribution in [3.05, 3.63) is 71.5 Å². The summed E-state index contributed by atoms with van der Waals surface area (Å²) in [5, 5.41) is 3.11. The lowest BCUT2D eigenvalue weighted by atomic mass is 9.95. The van der Waals surface area contributed by atoms with Crippen LogP contribution in [0, 0.1) is 26.7 Å². The van der Waals surface area contributed by atoms with Gasteiger partial charge in [0.1, 0.15) is 5.75 Å². The maximum Gasteiger partial charge on any atom is 0.263 e. The molecule has 6 nitrogen and oxygen atoms in total. The van der Waals surface area contributed by atoms with E-state index in [0.717, 1.165) is 48.7 Å². The van der Waals surface area contributed by atoms with Crippen LogP contribution in [-0.2, 0) is 4.79 Å². The van der Waals surface area contributed by atoms with Gasteiger partial charge >= 0.3 is 0 Å². The highest BCUT2D eigenvalue weighted by molar-refractivity contribution is 5.93. The summed E-state index contributed by atoms with van der Waals surface area (Å²) in [5.41, 5.74) is 4.37. The fourth-order valence-electron chi connectivity index (χ4n) is 3.80. The summed E-state index contributed by atoms with van der Waals surface area (Å²) >= 11 is 0. The Morgan fingerprint density at radius 2 is 1.71 bits per heavy atom. The molecule has 2 heterocycles. The molecule has 1 fully saturated rings. The predicted molar refractivity (Wildman–Crippen MR) is 123 cm³/mol. The second kappa shape index (κ2) is 9.16. The Labute approximate surface area is 183 Å². The van der Waals surface area contributed by atoms with E-state index in [9.17, 15) is 4.79 Å². The number of carbonyl (C=O) groups is 1. The van der Waals surface area contributed by atoms with E-state index in [1.54, 1.807) is 12.4 Å². The van der Waals surface area contributed by atoms with Crippen molar-refractivity contribution in [2.75, 3.05) is 23.3 Å². The lowest BCUT2D eigenvalue weighted by Crippen LogP contribution is -2.38. The standard InChI is InChI=1S/C25H28N4O2/c1-17-7-9-21(10-8-17)31-25-23(26-13-14-27-25)29-15-11-20(12-16-29)24(30)28-22-6-4-5-18(2)19(22)3/h4-10,13-14,20H,11-12,15-16H2,1-3H3,(H,28,30). The highest BCUT2D eigenvalue weighted by atomic mass is 16.5. The van der Waals surface area contributed by atoms with Gasteiger partial charge in [-0.15, -0.1) is 0 Å². The molecule has 1 amide bonds. The molecule has 0 bridgehead atoms. The summed E-state index contributed by atoms with van der Waals surface area (Å²) in [7, 11) is 0. The van der Waals surface area contributed by atoms with Gasteiger partial charge in [-0.2, -0.15) is 0 Å². The van der Waals surface area contributed by atoms with Gasteiger partial charge in [0, 0.05) is 37.1 Å². The summed E-state index contributed by atoms with van der Waals surface area (Å²) in [6.45, 7) is 7.59. The molecule has 2 aromatic carbocycles. The summed E-state index contributed by atoms with van der Waals surface area (Å²) in [5.74, 6) is 2.01. The molecule has 0 aliphatic carbocycles. The highest BCUT2D eigenvalue weighted by Gasteiger charge is 2.28. The number of nitrogens with one attached hydrogen (secondary N) is 1. The van der Waals surface area contributed by atoms with Gasteiger partial charge in [0.15, 0.2) is 5.82 Å². The maximum atomic E-state index is 12.8. The molecule has 31 heavy (non-hydrogen) atoms. The topological polar surface area (TPSA) is 67.4 Å². The first-order valence-electron chi connectivity index (χ1n) is 10.7. The maximum absolute atomic E-state index is 12.8. The highest BCUT2D eigenvalue weighted by Crippen LogP contribution is 2.31. The molecular weight excluding hydrogens is 388 g/mol. The normalized spacial score (nSPS) is 14.4. The lowest BCUT2D eigenvalue weighted by Gasteiger charge is -2.32. The zero-order valence-corrected chi connectivity index (χ0v) is 18.3. The molecule has 1 aliphatic rings. The number of amides is 1. The van der Waals surface area contributed by atoms with Crippen molar-refractivity contribution in [1.29, 1.82) is 0 Å². The number of benzene rings is 2. The van der Waals surface area contributed by atoms with Crippen LogP contribution in [0.3, 0.4) is 0 Å². The molecule has 4 rings (SSSR count). The molecule has 0 saturated carbocycles. The van der Waals surface area contributed by atoms with Gasteiger partial charge in [-0.1, -0.05) is 29.8 Å². The van der Waals surface area contributed by atoms with Crippen molar-refractivity contribution >= 4 is 17.4 Å². The van der Waals surface area contributed by atoms with Crippen LogP contribution in [0.15, 0.2) is 54.9 Å². The largest absolute Gasteiger partial charge is 0.436 e. The number of hydrogen-bond donors (Lipinski definition) is 1. The Morgan fingerprint density at radius 1 is 1.00 bits per heavy atom. The van der Waals surface area contributed by atoms with E-state index in [1.165, 1.54) is 11.1 Å². The second-order valence-electron chi connectivity index (χ2n) is 8.10. The van der Waals surface area contributed by atoms with Crippen molar-refractivity contribution in [3.63, 3.8) is 0 Å². The number of aromatic nitrogens is 2. The first kappa shape index (κ1) is 20.8. The number of hydrogen-bond acceptors (Lipinski definition) is 5. The van der Waals surface area contributed by atoms with Gasteiger partial charge < -0.3 is 15.0 Å². The SMILES string of the molecule is Cc1ccc(Oc2nccnc2N2CCC(C(=O)Nc3cccc(C)c3C)CC2)cc1. The van der Waals surface area contributed by atoms with E-state index in [4.69, 9.17) is 4.74 Å². The van der Waals surface area contributed by atoms with Gasteiger partial charge in [-0.3, -0.25) is 4.79 Å². The van der Waals surface area contributed by atoms with E-state index >= 15 is 0 Å². The van der Waals surface area contributed by atoms with E-state index in [-0.39, 0.29) is 11.8 Å². The van der Waals surface area contributed by atoms with Crippen LogP contribution in [-0.4, -0.2) is 29.0 Å². The predicted octanol–water partition coefficient (Wildman–Crippen LogP) is 5.05. The van der Waals surface area contributed by atoms with E-state index in [2.05, 4.69) is 33.2 Å². The lowest BCUT2D eigenvalue weighted by molar-refractivity contribution is -0.120. The number of anilines is 2. The summed E-state index contributed by atoms with van der Waals surface area (Å²) < 4.78 is 6.00. The minimum Gasteiger partial charge on any atom is -0.436 e. The smallest absolute Gasteiger partial charge is 0.263 e. The van der Waals surface area contributed by atoms with Gasteiger partial charge in [-0.25, -0.2) is 9.97 Å². The van der Waals surface area contributed by atoms with Crippen molar-refractivity contribution in [3.8, 4) is 11.6 Å². The second-order valence-corrected chi connectivity index (χ2v) is 8.10. The molecule has 1 aromatic heterocycles. The van der Waals surface area contributed by atoms with Crippen LogP contribution in [0.25, 0.3) is 0 Å². The van der Waals surface area contributed by atoms with Crippen LogP contribution in [0.4, 0.5) is 11.5 Å². The van der Waals surface area contributed by atoms with Crippen molar-refractivity contribution in [1.82, 2.24) is 9.97 Å². The Hall–Kier alpha value is -3.41. The molecule has 0 atom stereocenters. The molecule has 1 aliphatic heterocycles. The van der Waals surface area contributed by atoms with E-state index in [1.807, 2.05) is 50.2 Å². The quantitative estimate of drug-likeness (QED) is 0.630. The number of nitrogens with zero attached hydrogens (tertiary/aromatic N) is 3. The summed E-state index contributed by atoms with van der Waals surface area (Å²) in [6.07, 6.45) is 4.84. The number of rotatable bonds is 5. The molecule has 0 radical (unpaired) electrons. The minimum atomic E-state index is -0.0192. The number of ether oxygens (including phenoxy) is 1. The Balaban J connectivity index is 1.40. The zero-order valence-electron chi connectivity index (χ0n) is 18.3. The van der Waals surface area contributed by atoms with E-state index < -0.39 is 0 Å². The molecule has 3 aromatic rings. The fourth-order valence-corrected chi connectivity index (χ4v) is 3.80. The molecule has 6 heteroatoms. The van der Waals surface area contributed by atoms with Crippen LogP contribution in [0.1, 0.15) is 29.5 Å². The molecule has 1 saturated heterocycles. The molecule has 0 spiro atoms. The molecular formula is C25H28N4O2. The Morgan fingerprint density at radius 3 is 2.45 bits per heavy atom. The molecule has 0 unspecified atom stereocenters. The van der Waals surface area contributed by atoms with Gasteiger partial charge in [0.05, 0.1) is 0 Å². The number of carbonyl (C=O) groups excluding carboxylic acids is 1. The average molecular weight is 417 g/mol. The van der Waals surface area contributed by atoms with Gasteiger partial charge in [0.2, 0.25) is 5.91 Å². The van der Waals surface area contributed by atoms with Gasteiger partial charge in [0.25, 0.3) is 5.88 Å². The minimum absolute atomic E-state index is 0.0192.